The van der Waals surface area contributed by atoms with Gasteiger partial charge in [0.1, 0.15) is 0 Å². The summed E-state index contributed by atoms with van der Waals surface area (Å²) in [5.41, 5.74) is 1.91. The van der Waals surface area contributed by atoms with Gasteiger partial charge in [-0.05, 0) is 23.3 Å². The Hall–Kier alpha value is -0.390. The SMILES string of the molecule is O=S(=O)(O)c1ccc(-c2ccccc2)cc1.[CaH2]. The van der Waals surface area contributed by atoms with Crippen LogP contribution in [0, 0.1) is 0 Å². The standard InChI is InChI=1S/C12H10O3S.Ca.2H/c13-16(14,15)12-8-6-11(7-9-12)10-4-2-1-3-5-10;;;/h1-9H,(H,13,14,15);;;. The Morgan fingerprint density at radius 1 is 0.765 bits per heavy atom. The van der Waals surface area contributed by atoms with E-state index >= 15 is 0 Å². The summed E-state index contributed by atoms with van der Waals surface area (Å²) >= 11 is 0. The molecule has 5 heteroatoms. The van der Waals surface area contributed by atoms with Crippen LogP contribution in [0.5, 0.6) is 0 Å². The van der Waals surface area contributed by atoms with Crippen LogP contribution in [0.25, 0.3) is 11.1 Å². The molecule has 0 saturated carbocycles. The van der Waals surface area contributed by atoms with Gasteiger partial charge < -0.3 is 0 Å². The summed E-state index contributed by atoms with van der Waals surface area (Å²) in [5, 5.41) is 0. The Bertz CT molecular complexity index is 577. The fourth-order valence-electron chi connectivity index (χ4n) is 1.45. The number of hydrogen-bond donors (Lipinski definition) is 1. The Morgan fingerprint density at radius 3 is 1.71 bits per heavy atom. The van der Waals surface area contributed by atoms with Gasteiger partial charge in [0.2, 0.25) is 0 Å². The molecule has 0 aliphatic heterocycles. The average molecular weight is 276 g/mol. The summed E-state index contributed by atoms with van der Waals surface area (Å²) in [6.07, 6.45) is 0. The molecule has 0 aromatic heterocycles. The zero-order chi connectivity index (χ0) is 11.6. The van der Waals surface area contributed by atoms with Gasteiger partial charge in [-0.2, -0.15) is 8.42 Å². The molecule has 3 nitrogen and oxygen atoms in total. The second kappa shape index (κ2) is 5.98. The van der Waals surface area contributed by atoms with Gasteiger partial charge in [0.25, 0.3) is 10.1 Å². The van der Waals surface area contributed by atoms with E-state index in [1.807, 2.05) is 30.3 Å². The Balaban J connectivity index is 0.00000144. The molecule has 0 atom stereocenters. The van der Waals surface area contributed by atoms with Crippen molar-refractivity contribution >= 4 is 47.9 Å². The summed E-state index contributed by atoms with van der Waals surface area (Å²) < 4.78 is 30.5. The second-order valence-corrected chi connectivity index (χ2v) is 4.79. The topological polar surface area (TPSA) is 54.4 Å². The molecule has 0 radical (unpaired) electrons. The summed E-state index contributed by atoms with van der Waals surface area (Å²) in [6.45, 7) is 0. The second-order valence-electron chi connectivity index (χ2n) is 3.37. The van der Waals surface area contributed by atoms with Crippen molar-refractivity contribution in [2.45, 2.75) is 4.90 Å². The molecule has 0 aliphatic rings. The molecule has 0 amide bonds. The summed E-state index contributed by atoms with van der Waals surface area (Å²) in [5.74, 6) is 0. The minimum atomic E-state index is -4.10. The van der Waals surface area contributed by atoms with E-state index in [4.69, 9.17) is 4.55 Å². The summed E-state index contributed by atoms with van der Waals surface area (Å²) in [4.78, 5) is -0.0906. The molecule has 17 heavy (non-hydrogen) atoms. The van der Waals surface area contributed by atoms with Crippen molar-refractivity contribution < 1.29 is 13.0 Å². The summed E-state index contributed by atoms with van der Waals surface area (Å²) in [6, 6.07) is 15.7. The quantitative estimate of drug-likeness (QED) is 0.671. The number of benzene rings is 2. The van der Waals surface area contributed by atoms with Crippen molar-refractivity contribution in [3.05, 3.63) is 54.6 Å². The van der Waals surface area contributed by atoms with E-state index in [0.29, 0.717) is 0 Å². The van der Waals surface area contributed by atoms with Gasteiger partial charge in [0, 0.05) is 0 Å². The average Bonchev–Trinajstić information content (AvgIpc) is 2.29. The maximum absolute atomic E-state index is 10.8. The molecule has 86 valence electrons. The first-order valence-corrected chi connectivity index (χ1v) is 6.14. The van der Waals surface area contributed by atoms with E-state index < -0.39 is 10.1 Å². The fourth-order valence-corrected chi connectivity index (χ4v) is 1.93. The van der Waals surface area contributed by atoms with Crippen LogP contribution in [-0.2, 0) is 10.1 Å². The Morgan fingerprint density at radius 2 is 1.24 bits per heavy atom. The van der Waals surface area contributed by atoms with E-state index in [1.54, 1.807) is 12.1 Å². The maximum atomic E-state index is 10.8. The van der Waals surface area contributed by atoms with Crippen LogP contribution in [0.1, 0.15) is 0 Å². The first-order valence-electron chi connectivity index (χ1n) is 4.70. The molecule has 2 aromatic rings. The van der Waals surface area contributed by atoms with Crippen LogP contribution in [0.15, 0.2) is 59.5 Å². The number of rotatable bonds is 2. The third-order valence-corrected chi connectivity index (χ3v) is 3.13. The predicted molar refractivity (Wildman–Crippen MR) is 70.2 cm³/mol. The molecule has 0 saturated heterocycles. The molecule has 0 aliphatic carbocycles. The normalized spacial score (nSPS) is 10.6. The zero-order valence-electron chi connectivity index (χ0n) is 8.37. The van der Waals surface area contributed by atoms with Crippen LogP contribution in [-0.4, -0.2) is 50.7 Å². The van der Waals surface area contributed by atoms with Gasteiger partial charge in [-0.25, -0.2) is 0 Å². The van der Waals surface area contributed by atoms with Gasteiger partial charge in [0.05, 0.1) is 4.90 Å². The van der Waals surface area contributed by atoms with Crippen LogP contribution < -0.4 is 0 Å². The van der Waals surface area contributed by atoms with Crippen LogP contribution in [0.4, 0.5) is 0 Å². The molecular formula is C12H12CaO3S. The van der Waals surface area contributed by atoms with Gasteiger partial charge in [-0.1, -0.05) is 42.5 Å². The van der Waals surface area contributed by atoms with E-state index in [9.17, 15) is 8.42 Å². The minimum absolute atomic E-state index is 0. The molecule has 0 heterocycles. The first kappa shape index (κ1) is 14.7. The molecule has 2 aromatic carbocycles. The molecule has 0 unspecified atom stereocenters. The van der Waals surface area contributed by atoms with Crippen molar-refractivity contribution in [1.82, 2.24) is 0 Å². The van der Waals surface area contributed by atoms with Crippen LogP contribution >= 0.6 is 0 Å². The molecule has 0 spiro atoms. The number of hydrogen-bond acceptors (Lipinski definition) is 2. The van der Waals surface area contributed by atoms with Crippen molar-refractivity contribution in [2.75, 3.05) is 0 Å². The van der Waals surface area contributed by atoms with E-state index in [-0.39, 0.29) is 42.6 Å². The summed E-state index contributed by atoms with van der Waals surface area (Å²) in [7, 11) is -4.10. The fraction of sp³-hybridized carbons (Fsp3) is 0. The molecule has 0 bridgehead atoms. The molecular weight excluding hydrogens is 264 g/mol. The monoisotopic (exact) mass is 276 g/mol. The Kier molecular flexibility index (Phi) is 5.16. The van der Waals surface area contributed by atoms with Gasteiger partial charge in [-0.3, -0.25) is 4.55 Å². The predicted octanol–water partition coefficient (Wildman–Crippen LogP) is 1.68. The first-order chi connectivity index (χ1) is 7.57. The molecule has 2 rings (SSSR count). The van der Waals surface area contributed by atoms with Gasteiger partial charge in [0.15, 0.2) is 0 Å². The van der Waals surface area contributed by atoms with Gasteiger partial charge >= 0.3 is 37.7 Å². The zero-order valence-corrected chi connectivity index (χ0v) is 9.18. The van der Waals surface area contributed by atoms with E-state index in [1.165, 1.54) is 12.1 Å². The third-order valence-electron chi connectivity index (χ3n) is 2.26. The van der Waals surface area contributed by atoms with Crippen molar-refractivity contribution in [3.63, 3.8) is 0 Å². The van der Waals surface area contributed by atoms with Crippen molar-refractivity contribution in [3.8, 4) is 11.1 Å². The van der Waals surface area contributed by atoms with Crippen LogP contribution in [0.3, 0.4) is 0 Å². The van der Waals surface area contributed by atoms with Gasteiger partial charge in [-0.15, -0.1) is 0 Å². The van der Waals surface area contributed by atoms with Crippen molar-refractivity contribution in [2.24, 2.45) is 0 Å². The van der Waals surface area contributed by atoms with E-state index in [0.717, 1.165) is 11.1 Å². The van der Waals surface area contributed by atoms with Crippen LogP contribution in [0.2, 0.25) is 0 Å². The Labute approximate surface area is 130 Å². The van der Waals surface area contributed by atoms with Crippen molar-refractivity contribution in [1.29, 1.82) is 0 Å². The third kappa shape index (κ3) is 3.79. The van der Waals surface area contributed by atoms with E-state index in [2.05, 4.69) is 0 Å². The molecule has 0 fully saturated rings. The molecule has 1 N–H and O–H groups in total.